The average molecular weight is 268 g/mol. The Morgan fingerprint density at radius 3 is 2.16 bits per heavy atom. The van der Waals surface area contributed by atoms with Crippen molar-refractivity contribution in [3.05, 3.63) is 0 Å². The summed E-state index contributed by atoms with van der Waals surface area (Å²) in [5.41, 5.74) is -0.397. The van der Waals surface area contributed by atoms with E-state index in [4.69, 9.17) is 4.74 Å². The fraction of sp³-hybridized carbons (Fsp3) is 0.941. The molecular weight excluding hydrogens is 236 g/mol. The summed E-state index contributed by atoms with van der Waals surface area (Å²) in [6.07, 6.45) is 6.58. The Bertz CT molecular complexity index is 300. The third-order valence-electron chi connectivity index (χ3n) is 5.22. The molecule has 0 aliphatic heterocycles. The van der Waals surface area contributed by atoms with E-state index < -0.39 is 0 Å². The van der Waals surface area contributed by atoms with Crippen molar-refractivity contribution in [3.8, 4) is 0 Å². The molecular formula is C17H32O2. The van der Waals surface area contributed by atoms with Gasteiger partial charge in [0.2, 0.25) is 0 Å². The lowest BCUT2D eigenvalue weighted by Crippen LogP contribution is -2.45. The number of hydrogen-bond donors (Lipinski definition) is 0. The largest absolute Gasteiger partial charge is 0.462 e. The Kier molecular flexibility index (Phi) is 5.46. The van der Waals surface area contributed by atoms with Gasteiger partial charge < -0.3 is 4.74 Å². The van der Waals surface area contributed by atoms with Gasteiger partial charge in [0, 0.05) is 0 Å². The standard InChI is InChI=1S/C17H32O2/c1-7-16(4,5)17(6,12-13(2)3)15(18)19-14-10-8-9-11-14/h13-14H,7-12H2,1-6H3. The van der Waals surface area contributed by atoms with E-state index in [0.717, 1.165) is 25.7 Å². The van der Waals surface area contributed by atoms with Crippen LogP contribution < -0.4 is 0 Å². The van der Waals surface area contributed by atoms with Crippen LogP contribution in [0.3, 0.4) is 0 Å². The van der Waals surface area contributed by atoms with Crippen LogP contribution in [0.5, 0.6) is 0 Å². The molecule has 1 aliphatic carbocycles. The van der Waals surface area contributed by atoms with Crippen molar-refractivity contribution < 1.29 is 9.53 Å². The normalized spacial score (nSPS) is 20.6. The van der Waals surface area contributed by atoms with Crippen molar-refractivity contribution in [3.63, 3.8) is 0 Å². The van der Waals surface area contributed by atoms with Crippen molar-refractivity contribution in [1.29, 1.82) is 0 Å². The molecule has 0 aromatic carbocycles. The van der Waals surface area contributed by atoms with E-state index in [1.807, 2.05) is 0 Å². The maximum Gasteiger partial charge on any atom is 0.312 e. The molecule has 1 rings (SSSR count). The molecule has 1 saturated carbocycles. The zero-order valence-electron chi connectivity index (χ0n) is 13.7. The first-order chi connectivity index (χ1) is 8.73. The van der Waals surface area contributed by atoms with Crippen molar-refractivity contribution >= 4 is 5.97 Å². The van der Waals surface area contributed by atoms with Crippen molar-refractivity contribution in [2.24, 2.45) is 16.7 Å². The second-order valence-corrected chi connectivity index (χ2v) is 7.48. The van der Waals surface area contributed by atoms with E-state index >= 15 is 0 Å². The zero-order chi connectivity index (χ0) is 14.7. The lowest BCUT2D eigenvalue weighted by molar-refractivity contribution is -0.170. The van der Waals surface area contributed by atoms with Crippen LogP contribution in [0.15, 0.2) is 0 Å². The Morgan fingerprint density at radius 2 is 1.74 bits per heavy atom. The SMILES string of the molecule is CCC(C)(C)C(C)(CC(C)C)C(=O)OC1CCCC1. The highest BCUT2D eigenvalue weighted by Crippen LogP contribution is 2.47. The highest BCUT2D eigenvalue weighted by molar-refractivity contribution is 5.77. The van der Waals surface area contributed by atoms with Crippen LogP contribution in [0.4, 0.5) is 0 Å². The van der Waals surface area contributed by atoms with Gasteiger partial charge in [-0.25, -0.2) is 0 Å². The average Bonchev–Trinajstić information content (AvgIpc) is 2.80. The molecule has 2 heteroatoms. The van der Waals surface area contributed by atoms with Crippen LogP contribution in [-0.4, -0.2) is 12.1 Å². The number of hydrogen-bond acceptors (Lipinski definition) is 2. The smallest absolute Gasteiger partial charge is 0.312 e. The maximum absolute atomic E-state index is 12.7. The van der Waals surface area contributed by atoms with Gasteiger partial charge >= 0.3 is 5.97 Å². The summed E-state index contributed by atoms with van der Waals surface area (Å²) >= 11 is 0. The Morgan fingerprint density at radius 1 is 1.21 bits per heavy atom. The quantitative estimate of drug-likeness (QED) is 0.636. The van der Waals surface area contributed by atoms with E-state index in [1.165, 1.54) is 12.8 Å². The fourth-order valence-corrected chi connectivity index (χ4v) is 3.13. The predicted octanol–water partition coefficient (Wildman–Crippen LogP) is 4.96. The lowest BCUT2D eigenvalue weighted by Gasteiger charge is -2.43. The zero-order valence-corrected chi connectivity index (χ0v) is 13.7. The molecule has 1 fully saturated rings. The second-order valence-electron chi connectivity index (χ2n) is 7.48. The Hall–Kier alpha value is -0.530. The summed E-state index contributed by atoms with van der Waals surface area (Å²) in [4.78, 5) is 12.7. The monoisotopic (exact) mass is 268 g/mol. The van der Waals surface area contributed by atoms with Crippen molar-refractivity contribution in [1.82, 2.24) is 0 Å². The fourth-order valence-electron chi connectivity index (χ4n) is 3.13. The molecule has 0 amide bonds. The van der Waals surface area contributed by atoms with Crippen molar-refractivity contribution in [2.75, 3.05) is 0 Å². The molecule has 0 N–H and O–H groups in total. The van der Waals surface area contributed by atoms with E-state index in [2.05, 4.69) is 41.5 Å². The minimum absolute atomic E-state index is 0.0209. The molecule has 1 aliphatic rings. The van der Waals surface area contributed by atoms with Crippen molar-refractivity contribution in [2.45, 2.75) is 86.2 Å². The molecule has 0 bridgehead atoms. The number of rotatable bonds is 6. The summed E-state index contributed by atoms with van der Waals surface area (Å²) in [6.45, 7) is 13.0. The van der Waals surface area contributed by atoms with Crippen LogP contribution >= 0.6 is 0 Å². The molecule has 0 aromatic heterocycles. The van der Waals surface area contributed by atoms with E-state index in [0.29, 0.717) is 5.92 Å². The van der Waals surface area contributed by atoms with Crippen LogP contribution in [0.1, 0.15) is 80.1 Å². The van der Waals surface area contributed by atoms with Crippen LogP contribution in [0.25, 0.3) is 0 Å². The topological polar surface area (TPSA) is 26.3 Å². The summed E-state index contributed by atoms with van der Waals surface area (Å²) in [5, 5.41) is 0. The van der Waals surface area contributed by atoms with E-state index in [-0.39, 0.29) is 22.9 Å². The van der Waals surface area contributed by atoms with E-state index in [9.17, 15) is 4.79 Å². The summed E-state index contributed by atoms with van der Waals surface area (Å²) < 4.78 is 5.83. The molecule has 1 atom stereocenters. The first kappa shape index (κ1) is 16.5. The third kappa shape index (κ3) is 3.73. The van der Waals surface area contributed by atoms with Gasteiger partial charge in [-0.3, -0.25) is 4.79 Å². The van der Waals surface area contributed by atoms with Crippen LogP contribution in [0, 0.1) is 16.7 Å². The van der Waals surface area contributed by atoms with Crippen LogP contribution in [0.2, 0.25) is 0 Å². The molecule has 0 saturated heterocycles. The molecule has 0 heterocycles. The number of carbonyl (C=O) groups excluding carboxylic acids is 1. The molecule has 2 nitrogen and oxygen atoms in total. The van der Waals surface area contributed by atoms with E-state index in [1.54, 1.807) is 0 Å². The maximum atomic E-state index is 12.7. The van der Waals surface area contributed by atoms with Gasteiger partial charge in [-0.05, 0) is 56.8 Å². The molecule has 0 radical (unpaired) electrons. The summed E-state index contributed by atoms with van der Waals surface area (Å²) in [6, 6.07) is 0. The minimum Gasteiger partial charge on any atom is -0.462 e. The predicted molar refractivity (Wildman–Crippen MR) is 80.0 cm³/mol. The van der Waals surface area contributed by atoms with Gasteiger partial charge in [-0.15, -0.1) is 0 Å². The van der Waals surface area contributed by atoms with Gasteiger partial charge in [-0.1, -0.05) is 34.6 Å². The third-order valence-corrected chi connectivity index (χ3v) is 5.22. The first-order valence-electron chi connectivity index (χ1n) is 7.94. The minimum atomic E-state index is -0.376. The number of ether oxygens (including phenoxy) is 1. The highest BCUT2D eigenvalue weighted by atomic mass is 16.5. The van der Waals surface area contributed by atoms with Crippen LogP contribution in [-0.2, 0) is 9.53 Å². The lowest BCUT2D eigenvalue weighted by atomic mass is 9.61. The molecule has 0 aromatic rings. The summed E-state index contributed by atoms with van der Waals surface area (Å²) in [5.74, 6) is 0.534. The second kappa shape index (κ2) is 6.28. The number of carbonyl (C=O) groups is 1. The van der Waals surface area contributed by atoms with Gasteiger partial charge in [0.25, 0.3) is 0 Å². The summed E-state index contributed by atoms with van der Waals surface area (Å²) in [7, 11) is 0. The van der Waals surface area contributed by atoms with Gasteiger partial charge in [-0.2, -0.15) is 0 Å². The van der Waals surface area contributed by atoms with Gasteiger partial charge in [0.1, 0.15) is 6.10 Å². The van der Waals surface area contributed by atoms with Gasteiger partial charge in [0.15, 0.2) is 0 Å². The van der Waals surface area contributed by atoms with Gasteiger partial charge in [0.05, 0.1) is 5.41 Å². The number of esters is 1. The molecule has 112 valence electrons. The molecule has 19 heavy (non-hydrogen) atoms. The molecule has 1 unspecified atom stereocenters. The highest BCUT2D eigenvalue weighted by Gasteiger charge is 2.48. The first-order valence-corrected chi connectivity index (χ1v) is 7.94. The Labute approximate surface area is 119 Å². The molecule has 0 spiro atoms. The Balaban J connectivity index is 2.85.